The summed E-state index contributed by atoms with van der Waals surface area (Å²) in [5, 5.41) is 0.841. The minimum Gasteiger partial charge on any atom is -0.251 e. The molecule has 1 aliphatic carbocycles. The molecule has 0 spiro atoms. The fraction of sp³-hybridized carbons (Fsp3) is 0.250. The van der Waals surface area contributed by atoms with Crippen LogP contribution in [0.5, 0.6) is 0 Å². The molecule has 0 amide bonds. The summed E-state index contributed by atoms with van der Waals surface area (Å²) in [6.07, 6.45) is 8.24. The van der Waals surface area contributed by atoms with E-state index in [-0.39, 0.29) is 6.67 Å². The highest BCUT2D eigenvalue weighted by Gasteiger charge is 2.09. The van der Waals surface area contributed by atoms with Gasteiger partial charge in [0.05, 0.1) is 6.67 Å². The van der Waals surface area contributed by atoms with Gasteiger partial charge in [0.15, 0.2) is 0 Å². The number of allylic oxidation sites excluding steroid dienone is 5. The first-order chi connectivity index (χ1) is 8.79. The van der Waals surface area contributed by atoms with Crippen LogP contribution < -0.4 is 0 Å². The second-order valence-corrected chi connectivity index (χ2v) is 4.82. The molecule has 0 heterocycles. The van der Waals surface area contributed by atoms with Gasteiger partial charge in [0.2, 0.25) is 0 Å². The Kier molecular flexibility index (Phi) is 4.77. The zero-order valence-corrected chi connectivity index (χ0v) is 11.0. The molecule has 0 aromatic heterocycles. The lowest BCUT2D eigenvalue weighted by Gasteiger charge is -2.13. The number of halogens is 2. The van der Waals surface area contributed by atoms with E-state index in [9.17, 15) is 4.39 Å². The first-order valence-electron chi connectivity index (χ1n) is 6.17. The Labute approximate surface area is 112 Å². The van der Waals surface area contributed by atoms with Crippen molar-refractivity contribution in [2.75, 3.05) is 6.67 Å². The lowest BCUT2D eigenvalue weighted by atomic mass is 9.97. The third-order valence-corrected chi connectivity index (χ3v) is 3.31. The summed E-state index contributed by atoms with van der Waals surface area (Å²) in [6.45, 7) is -0.284. The van der Waals surface area contributed by atoms with E-state index < -0.39 is 0 Å². The third-order valence-electron chi connectivity index (χ3n) is 2.94. The van der Waals surface area contributed by atoms with Crippen LogP contribution in [0.4, 0.5) is 4.39 Å². The Morgan fingerprint density at radius 1 is 1.17 bits per heavy atom. The molecule has 2 heteroatoms. The van der Waals surface area contributed by atoms with Crippen molar-refractivity contribution in [2.24, 2.45) is 0 Å². The van der Waals surface area contributed by atoms with Gasteiger partial charge >= 0.3 is 0 Å². The molecule has 0 saturated carbocycles. The number of benzene rings is 1. The smallest absolute Gasteiger partial charge is 0.0897 e. The van der Waals surface area contributed by atoms with Crippen molar-refractivity contribution in [2.45, 2.75) is 19.3 Å². The van der Waals surface area contributed by atoms with Gasteiger partial charge in [-0.15, -0.1) is 0 Å². The van der Waals surface area contributed by atoms with Crippen LogP contribution >= 0.6 is 11.6 Å². The molecule has 1 aliphatic rings. The second kappa shape index (κ2) is 6.55. The number of hydrogen-bond donors (Lipinski definition) is 0. The maximum Gasteiger partial charge on any atom is 0.0897 e. The molecule has 0 aliphatic heterocycles. The highest BCUT2D eigenvalue weighted by atomic mass is 35.5. The summed E-state index contributed by atoms with van der Waals surface area (Å²) >= 11 is 6.24. The van der Waals surface area contributed by atoms with E-state index >= 15 is 0 Å². The van der Waals surface area contributed by atoms with Gasteiger partial charge in [-0.25, -0.2) is 0 Å². The van der Waals surface area contributed by atoms with E-state index in [4.69, 9.17) is 11.6 Å². The van der Waals surface area contributed by atoms with Crippen LogP contribution in [0.2, 0.25) is 0 Å². The van der Waals surface area contributed by atoms with E-state index in [2.05, 4.69) is 24.3 Å². The fourth-order valence-corrected chi connectivity index (χ4v) is 2.30. The normalized spacial score (nSPS) is 17.6. The van der Waals surface area contributed by atoms with Crippen LogP contribution in [-0.4, -0.2) is 6.67 Å². The molecule has 0 N–H and O–H groups in total. The van der Waals surface area contributed by atoms with Crippen molar-refractivity contribution < 1.29 is 4.39 Å². The van der Waals surface area contributed by atoms with Crippen LogP contribution in [0.1, 0.15) is 24.8 Å². The van der Waals surface area contributed by atoms with Gasteiger partial charge in [0.25, 0.3) is 0 Å². The summed E-state index contributed by atoms with van der Waals surface area (Å²) in [5.74, 6) is 0. The van der Waals surface area contributed by atoms with Crippen molar-refractivity contribution in [3.8, 4) is 0 Å². The molecule has 0 saturated heterocycles. The van der Waals surface area contributed by atoms with Crippen LogP contribution in [0.3, 0.4) is 0 Å². The van der Waals surface area contributed by atoms with Gasteiger partial charge in [-0.05, 0) is 29.6 Å². The first kappa shape index (κ1) is 13.1. The van der Waals surface area contributed by atoms with Crippen molar-refractivity contribution in [1.82, 2.24) is 0 Å². The standard InChI is InChI=1S/C16H16ClF/c17-16-12-14(8-9-15(16)7-4-10-18)11-13-5-2-1-3-6-13/h1-3,5-6,8-9,11H,4,7,10,12H2. The zero-order valence-electron chi connectivity index (χ0n) is 10.2. The highest BCUT2D eigenvalue weighted by molar-refractivity contribution is 6.30. The number of alkyl halides is 1. The Morgan fingerprint density at radius 2 is 1.94 bits per heavy atom. The van der Waals surface area contributed by atoms with Crippen molar-refractivity contribution >= 4 is 17.7 Å². The molecule has 0 nitrogen and oxygen atoms in total. The van der Waals surface area contributed by atoms with Gasteiger partial charge in [0, 0.05) is 11.5 Å². The van der Waals surface area contributed by atoms with Crippen LogP contribution in [0, 0.1) is 0 Å². The zero-order chi connectivity index (χ0) is 12.8. The lowest BCUT2D eigenvalue weighted by Crippen LogP contribution is -1.94. The number of hydrogen-bond acceptors (Lipinski definition) is 0. The molecule has 0 bridgehead atoms. The summed E-state index contributed by atoms with van der Waals surface area (Å²) in [4.78, 5) is 0. The summed E-state index contributed by atoms with van der Waals surface area (Å²) in [7, 11) is 0. The fourth-order valence-electron chi connectivity index (χ4n) is 1.99. The summed E-state index contributed by atoms with van der Waals surface area (Å²) in [6, 6.07) is 10.2. The molecular formula is C16H16ClF. The van der Waals surface area contributed by atoms with Crippen LogP contribution in [0.15, 0.2) is 58.7 Å². The van der Waals surface area contributed by atoms with Gasteiger partial charge < -0.3 is 0 Å². The van der Waals surface area contributed by atoms with E-state index in [1.807, 2.05) is 24.3 Å². The average Bonchev–Trinajstić information content (AvgIpc) is 2.39. The molecule has 0 radical (unpaired) electrons. The third kappa shape index (κ3) is 3.58. The maximum absolute atomic E-state index is 12.1. The predicted molar refractivity (Wildman–Crippen MR) is 76.3 cm³/mol. The predicted octanol–water partition coefficient (Wildman–Crippen LogP) is 5.27. The largest absolute Gasteiger partial charge is 0.251 e. The highest BCUT2D eigenvalue weighted by Crippen LogP contribution is 2.29. The quantitative estimate of drug-likeness (QED) is 0.693. The molecule has 0 unspecified atom stereocenters. The van der Waals surface area contributed by atoms with Crippen LogP contribution in [-0.2, 0) is 0 Å². The molecule has 18 heavy (non-hydrogen) atoms. The lowest BCUT2D eigenvalue weighted by molar-refractivity contribution is 0.473. The Balaban J connectivity index is 2.07. The average molecular weight is 263 g/mol. The summed E-state index contributed by atoms with van der Waals surface area (Å²) < 4.78 is 12.1. The Hall–Kier alpha value is -1.34. The minimum atomic E-state index is -0.284. The molecular weight excluding hydrogens is 247 g/mol. The van der Waals surface area contributed by atoms with Crippen molar-refractivity contribution in [3.63, 3.8) is 0 Å². The van der Waals surface area contributed by atoms with Crippen LogP contribution in [0.25, 0.3) is 6.08 Å². The molecule has 1 aromatic carbocycles. The topological polar surface area (TPSA) is 0 Å². The van der Waals surface area contributed by atoms with E-state index in [0.29, 0.717) is 6.42 Å². The number of rotatable bonds is 4. The molecule has 0 fully saturated rings. The van der Waals surface area contributed by atoms with Crippen molar-refractivity contribution in [1.29, 1.82) is 0 Å². The van der Waals surface area contributed by atoms with E-state index in [1.165, 1.54) is 11.1 Å². The summed E-state index contributed by atoms with van der Waals surface area (Å²) in [5.41, 5.74) is 3.43. The minimum absolute atomic E-state index is 0.284. The van der Waals surface area contributed by atoms with E-state index in [1.54, 1.807) is 0 Å². The SMILES string of the molecule is FCCCC1=C(Cl)CC(=Cc2ccccc2)C=C1. The first-order valence-corrected chi connectivity index (χ1v) is 6.54. The van der Waals surface area contributed by atoms with Crippen molar-refractivity contribution in [3.05, 3.63) is 64.2 Å². The Bertz CT molecular complexity index is 483. The molecule has 94 valence electrons. The monoisotopic (exact) mass is 262 g/mol. The Morgan fingerprint density at radius 3 is 2.61 bits per heavy atom. The molecule has 0 atom stereocenters. The second-order valence-electron chi connectivity index (χ2n) is 4.36. The molecule has 1 aromatic rings. The van der Waals surface area contributed by atoms with Gasteiger partial charge in [-0.2, -0.15) is 0 Å². The van der Waals surface area contributed by atoms with E-state index in [0.717, 1.165) is 23.4 Å². The maximum atomic E-state index is 12.1. The molecule has 2 rings (SSSR count). The van der Waals surface area contributed by atoms with Gasteiger partial charge in [-0.1, -0.05) is 60.2 Å². The van der Waals surface area contributed by atoms with Gasteiger partial charge in [-0.3, -0.25) is 4.39 Å². The van der Waals surface area contributed by atoms with Gasteiger partial charge in [0.1, 0.15) is 0 Å².